The smallest absolute Gasteiger partial charge is 0.0953 e. The Bertz CT molecular complexity index is 488. The van der Waals surface area contributed by atoms with Crippen molar-refractivity contribution in [3.05, 3.63) is 53.1 Å². The van der Waals surface area contributed by atoms with E-state index in [9.17, 15) is 0 Å². The summed E-state index contributed by atoms with van der Waals surface area (Å²) in [6.07, 6.45) is 3.62. The van der Waals surface area contributed by atoms with Gasteiger partial charge in [-0.2, -0.15) is 0 Å². The molecular formula is C13H16N2O. The fraction of sp³-hybridized carbons (Fsp3) is 0.308. The average molecular weight is 216 g/mol. The molecule has 3 heteroatoms. The number of aryl methyl sites for hydroxylation is 2. The Morgan fingerprint density at radius 3 is 2.69 bits per heavy atom. The van der Waals surface area contributed by atoms with Gasteiger partial charge in [0.15, 0.2) is 0 Å². The fourth-order valence-corrected chi connectivity index (χ4v) is 1.69. The van der Waals surface area contributed by atoms with Crippen molar-refractivity contribution in [2.45, 2.75) is 27.0 Å². The third-order valence-corrected chi connectivity index (χ3v) is 2.79. The van der Waals surface area contributed by atoms with Gasteiger partial charge in [0.1, 0.15) is 0 Å². The Morgan fingerprint density at radius 1 is 1.25 bits per heavy atom. The van der Waals surface area contributed by atoms with Crippen LogP contribution in [0.5, 0.6) is 0 Å². The summed E-state index contributed by atoms with van der Waals surface area (Å²) in [6, 6.07) is 6.45. The molecule has 0 unspecified atom stereocenters. The van der Waals surface area contributed by atoms with Crippen LogP contribution in [0.1, 0.15) is 22.4 Å². The fourth-order valence-electron chi connectivity index (χ4n) is 1.69. The number of benzene rings is 1. The molecule has 0 bridgehead atoms. The molecule has 16 heavy (non-hydrogen) atoms. The molecule has 1 heterocycles. The topological polar surface area (TPSA) is 38.0 Å². The van der Waals surface area contributed by atoms with E-state index in [0.29, 0.717) is 5.69 Å². The minimum Gasteiger partial charge on any atom is -0.390 e. The number of aromatic nitrogens is 2. The SMILES string of the molecule is Cc1ccc(Cn2cnc(CO)c2)cc1C. The molecule has 0 saturated heterocycles. The molecule has 0 radical (unpaired) electrons. The molecule has 0 atom stereocenters. The minimum atomic E-state index is -0.0000738. The normalized spacial score (nSPS) is 10.7. The summed E-state index contributed by atoms with van der Waals surface area (Å²) in [5.74, 6) is 0. The molecule has 1 N–H and O–H groups in total. The van der Waals surface area contributed by atoms with Crippen molar-refractivity contribution in [3.8, 4) is 0 Å². The van der Waals surface area contributed by atoms with E-state index in [0.717, 1.165) is 6.54 Å². The molecule has 0 aliphatic heterocycles. The lowest BCUT2D eigenvalue weighted by Crippen LogP contribution is -1.97. The van der Waals surface area contributed by atoms with Gasteiger partial charge < -0.3 is 9.67 Å². The summed E-state index contributed by atoms with van der Waals surface area (Å²) >= 11 is 0. The molecule has 1 aromatic carbocycles. The molecule has 0 spiro atoms. The molecule has 2 aromatic rings. The van der Waals surface area contributed by atoms with E-state index in [2.05, 4.69) is 37.0 Å². The van der Waals surface area contributed by atoms with Gasteiger partial charge in [0.05, 0.1) is 18.6 Å². The number of aliphatic hydroxyl groups excluding tert-OH is 1. The quantitative estimate of drug-likeness (QED) is 0.852. The van der Waals surface area contributed by atoms with Crippen LogP contribution in [0.3, 0.4) is 0 Å². The highest BCUT2D eigenvalue weighted by molar-refractivity contribution is 5.30. The highest BCUT2D eigenvalue weighted by Crippen LogP contribution is 2.11. The highest BCUT2D eigenvalue weighted by Gasteiger charge is 2.00. The average Bonchev–Trinajstić information content (AvgIpc) is 2.71. The Hall–Kier alpha value is -1.61. The molecule has 0 aliphatic carbocycles. The zero-order valence-electron chi connectivity index (χ0n) is 9.64. The van der Waals surface area contributed by atoms with Crippen LogP contribution >= 0.6 is 0 Å². The van der Waals surface area contributed by atoms with E-state index in [1.165, 1.54) is 16.7 Å². The summed E-state index contributed by atoms with van der Waals surface area (Å²) in [5, 5.41) is 8.92. The second kappa shape index (κ2) is 4.49. The number of imidazole rings is 1. The third kappa shape index (κ3) is 2.31. The maximum Gasteiger partial charge on any atom is 0.0953 e. The molecule has 0 aliphatic rings. The molecule has 84 valence electrons. The molecule has 0 fully saturated rings. The second-order valence-electron chi connectivity index (χ2n) is 4.11. The van der Waals surface area contributed by atoms with Crippen molar-refractivity contribution in [2.24, 2.45) is 0 Å². The standard InChI is InChI=1S/C13H16N2O/c1-10-3-4-12(5-11(10)2)6-15-7-13(8-16)14-9-15/h3-5,7,9,16H,6,8H2,1-2H3. The van der Waals surface area contributed by atoms with Gasteiger partial charge in [0, 0.05) is 12.7 Å². The van der Waals surface area contributed by atoms with Gasteiger partial charge in [0.2, 0.25) is 0 Å². The van der Waals surface area contributed by atoms with Gasteiger partial charge in [0.25, 0.3) is 0 Å². The zero-order valence-corrected chi connectivity index (χ0v) is 9.64. The van der Waals surface area contributed by atoms with Crippen LogP contribution in [-0.2, 0) is 13.2 Å². The number of aliphatic hydroxyl groups is 1. The van der Waals surface area contributed by atoms with Gasteiger partial charge >= 0.3 is 0 Å². The van der Waals surface area contributed by atoms with Crippen LogP contribution in [0.4, 0.5) is 0 Å². The van der Waals surface area contributed by atoms with Crippen molar-refractivity contribution >= 4 is 0 Å². The summed E-state index contributed by atoms with van der Waals surface area (Å²) < 4.78 is 1.98. The van der Waals surface area contributed by atoms with Crippen LogP contribution < -0.4 is 0 Å². The maximum atomic E-state index is 8.92. The number of hydrogen-bond donors (Lipinski definition) is 1. The molecule has 3 nitrogen and oxygen atoms in total. The van der Waals surface area contributed by atoms with Gasteiger partial charge in [-0.15, -0.1) is 0 Å². The molecule has 0 amide bonds. The number of nitrogens with zero attached hydrogens (tertiary/aromatic N) is 2. The van der Waals surface area contributed by atoms with E-state index >= 15 is 0 Å². The molecule has 0 saturated carbocycles. The molecule has 1 aromatic heterocycles. The summed E-state index contributed by atoms with van der Waals surface area (Å²) in [6.45, 7) is 5.03. The van der Waals surface area contributed by atoms with Crippen molar-refractivity contribution in [1.82, 2.24) is 9.55 Å². The highest BCUT2D eigenvalue weighted by atomic mass is 16.3. The Morgan fingerprint density at radius 2 is 2.06 bits per heavy atom. The lowest BCUT2D eigenvalue weighted by Gasteiger charge is -2.05. The predicted molar refractivity (Wildman–Crippen MR) is 63.2 cm³/mol. The monoisotopic (exact) mass is 216 g/mol. The first-order valence-corrected chi connectivity index (χ1v) is 5.36. The van der Waals surface area contributed by atoms with Crippen LogP contribution in [0, 0.1) is 13.8 Å². The van der Waals surface area contributed by atoms with Crippen molar-refractivity contribution in [3.63, 3.8) is 0 Å². The van der Waals surface area contributed by atoms with Crippen LogP contribution in [0.25, 0.3) is 0 Å². The molecule has 2 rings (SSSR count). The largest absolute Gasteiger partial charge is 0.390 e. The zero-order chi connectivity index (χ0) is 11.5. The maximum absolute atomic E-state index is 8.92. The summed E-state index contributed by atoms with van der Waals surface area (Å²) in [7, 11) is 0. The molecular weight excluding hydrogens is 200 g/mol. The Labute approximate surface area is 95.4 Å². The third-order valence-electron chi connectivity index (χ3n) is 2.79. The van der Waals surface area contributed by atoms with Gasteiger partial charge in [-0.05, 0) is 30.5 Å². The lowest BCUT2D eigenvalue weighted by molar-refractivity contribution is 0.277. The van der Waals surface area contributed by atoms with Gasteiger partial charge in [-0.3, -0.25) is 0 Å². The number of hydrogen-bond acceptors (Lipinski definition) is 2. The minimum absolute atomic E-state index is 0.0000738. The van der Waals surface area contributed by atoms with E-state index in [-0.39, 0.29) is 6.61 Å². The van der Waals surface area contributed by atoms with Crippen LogP contribution in [0.15, 0.2) is 30.7 Å². The van der Waals surface area contributed by atoms with Gasteiger partial charge in [-0.25, -0.2) is 4.98 Å². The first-order valence-electron chi connectivity index (χ1n) is 5.36. The number of rotatable bonds is 3. The Balaban J connectivity index is 2.17. The van der Waals surface area contributed by atoms with Crippen molar-refractivity contribution in [2.75, 3.05) is 0 Å². The van der Waals surface area contributed by atoms with E-state index in [1.807, 2.05) is 10.8 Å². The first kappa shape index (κ1) is 10.9. The lowest BCUT2D eigenvalue weighted by atomic mass is 10.1. The van der Waals surface area contributed by atoms with E-state index in [1.54, 1.807) is 6.33 Å². The first-order chi connectivity index (χ1) is 7.69. The van der Waals surface area contributed by atoms with E-state index in [4.69, 9.17) is 5.11 Å². The van der Waals surface area contributed by atoms with Crippen LogP contribution in [-0.4, -0.2) is 14.7 Å². The summed E-state index contributed by atoms with van der Waals surface area (Å²) in [5.41, 5.74) is 4.58. The van der Waals surface area contributed by atoms with Crippen molar-refractivity contribution < 1.29 is 5.11 Å². The van der Waals surface area contributed by atoms with Crippen LogP contribution in [0.2, 0.25) is 0 Å². The summed E-state index contributed by atoms with van der Waals surface area (Å²) in [4.78, 5) is 4.08. The predicted octanol–water partition coefficient (Wildman–Crippen LogP) is 2.04. The van der Waals surface area contributed by atoms with E-state index < -0.39 is 0 Å². The van der Waals surface area contributed by atoms with Crippen molar-refractivity contribution in [1.29, 1.82) is 0 Å². The van der Waals surface area contributed by atoms with Gasteiger partial charge in [-0.1, -0.05) is 18.2 Å². The second-order valence-corrected chi connectivity index (χ2v) is 4.11. The Kier molecular flexibility index (Phi) is 3.06.